The van der Waals surface area contributed by atoms with Gasteiger partial charge in [-0.15, -0.1) is 0 Å². The quantitative estimate of drug-likeness (QED) is 0.815. The minimum atomic E-state index is -0.511. The summed E-state index contributed by atoms with van der Waals surface area (Å²) in [5.41, 5.74) is 0.903. The second-order valence-electron chi connectivity index (χ2n) is 4.98. The predicted octanol–water partition coefficient (Wildman–Crippen LogP) is 3.91. The van der Waals surface area contributed by atoms with Crippen LogP contribution in [-0.2, 0) is 13.0 Å². The molecule has 0 saturated carbocycles. The van der Waals surface area contributed by atoms with Crippen molar-refractivity contribution in [3.05, 3.63) is 55.1 Å². The Balaban J connectivity index is 2.17. The van der Waals surface area contributed by atoms with Crippen LogP contribution >= 0.6 is 27.5 Å². The number of aromatic nitrogens is 1. The molecule has 4 nitrogen and oxygen atoms in total. The molecule has 0 amide bonds. The van der Waals surface area contributed by atoms with E-state index in [0.29, 0.717) is 35.0 Å². The van der Waals surface area contributed by atoms with Crippen LogP contribution in [0.3, 0.4) is 0 Å². The van der Waals surface area contributed by atoms with E-state index in [1.54, 1.807) is 6.07 Å². The second kappa shape index (κ2) is 5.85. The van der Waals surface area contributed by atoms with Gasteiger partial charge in [0, 0.05) is 16.7 Å². The van der Waals surface area contributed by atoms with Crippen LogP contribution in [0.1, 0.15) is 22.5 Å². The zero-order chi connectivity index (χ0) is 15.9. The van der Waals surface area contributed by atoms with Gasteiger partial charge < -0.3 is 9.88 Å². The molecule has 0 bridgehead atoms. The lowest BCUT2D eigenvalue weighted by Crippen LogP contribution is -2.23. The van der Waals surface area contributed by atoms with Gasteiger partial charge in [-0.1, -0.05) is 27.5 Å². The van der Waals surface area contributed by atoms with Gasteiger partial charge in [0.05, 0.1) is 16.9 Å². The van der Waals surface area contributed by atoms with E-state index in [2.05, 4.69) is 21.2 Å². The number of rotatable bonds is 3. The summed E-state index contributed by atoms with van der Waals surface area (Å²) in [7, 11) is 0. The summed E-state index contributed by atoms with van der Waals surface area (Å²) in [5, 5.41) is 2.68. The fourth-order valence-corrected chi connectivity index (χ4v) is 3.23. The van der Waals surface area contributed by atoms with Crippen molar-refractivity contribution in [1.29, 1.82) is 0 Å². The van der Waals surface area contributed by atoms with Crippen LogP contribution in [0, 0.1) is 5.82 Å². The SMILES string of the molecule is O=Cc1c(Nc2ccc(Br)cc2F)c(Cl)c(=O)n2c1CCC2. The third kappa shape index (κ3) is 2.46. The highest BCUT2D eigenvalue weighted by atomic mass is 79.9. The first-order valence-electron chi connectivity index (χ1n) is 6.65. The Morgan fingerprint density at radius 3 is 2.86 bits per heavy atom. The Kier molecular flexibility index (Phi) is 4.06. The summed E-state index contributed by atoms with van der Waals surface area (Å²) in [6.45, 7) is 0.543. The zero-order valence-corrected chi connectivity index (χ0v) is 13.7. The van der Waals surface area contributed by atoms with E-state index < -0.39 is 5.82 Å². The lowest BCUT2D eigenvalue weighted by atomic mass is 10.1. The average molecular weight is 386 g/mol. The number of aldehydes is 1. The molecule has 1 N–H and O–H groups in total. The molecule has 0 aliphatic carbocycles. The van der Waals surface area contributed by atoms with Crippen molar-refractivity contribution in [1.82, 2.24) is 4.57 Å². The van der Waals surface area contributed by atoms with E-state index in [1.807, 2.05) is 0 Å². The maximum atomic E-state index is 14.0. The van der Waals surface area contributed by atoms with Crippen molar-refractivity contribution in [2.24, 2.45) is 0 Å². The fraction of sp³-hybridized carbons (Fsp3) is 0.200. The molecule has 1 aliphatic rings. The molecule has 2 aromatic rings. The van der Waals surface area contributed by atoms with Crippen molar-refractivity contribution in [2.45, 2.75) is 19.4 Å². The Bertz CT molecular complexity index is 835. The Morgan fingerprint density at radius 1 is 1.41 bits per heavy atom. The number of hydrogen-bond acceptors (Lipinski definition) is 3. The van der Waals surface area contributed by atoms with Crippen molar-refractivity contribution in [3.8, 4) is 0 Å². The number of nitrogens with zero attached hydrogens (tertiary/aromatic N) is 1. The molecular weight excluding hydrogens is 375 g/mol. The summed E-state index contributed by atoms with van der Waals surface area (Å²) in [6, 6.07) is 4.45. The number of carbonyl (C=O) groups is 1. The molecule has 0 spiro atoms. The summed E-state index contributed by atoms with van der Waals surface area (Å²) in [4.78, 5) is 23.7. The lowest BCUT2D eigenvalue weighted by Gasteiger charge is -2.15. The first kappa shape index (κ1) is 15.2. The van der Waals surface area contributed by atoms with E-state index in [1.165, 1.54) is 16.7 Å². The highest BCUT2D eigenvalue weighted by Crippen LogP contribution is 2.32. The minimum absolute atomic E-state index is 0.102. The second-order valence-corrected chi connectivity index (χ2v) is 6.27. The van der Waals surface area contributed by atoms with E-state index in [9.17, 15) is 14.0 Å². The Hall–Kier alpha value is -1.66. The number of benzene rings is 1. The molecule has 0 unspecified atom stereocenters. The molecule has 3 rings (SSSR count). The largest absolute Gasteiger partial charge is 0.351 e. The molecule has 22 heavy (non-hydrogen) atoms. The molecule has 0 radical (unpaired) electrons. The number of carbonyl (C=O) groups excluding carboxylic acids is 1. The molecule has 1 aromatic heterocycles. The molecule has 7 heteroatoms. The lowest BCUT2D eigenvalue weighted by molar-refractivity contribution is 0.112. The van der Waals surface area contributed by atoms with E-state index in [-0.39, 0.29) is 22.0 Å². The molecule has 0 fully saturated rings. The van der Waals surface area contributed by atoms with Crippen LogP contribution in [0.4, 0.5) is 15.8 Å². The Morgan fingerprint density at radius 2 is 2.18 bits per heavy atom. The van der Waals surface area contributed by atoms with Crippen molar-refractivity contribution >= 4 is 45.2 Å². The van der Waals surface area contributed by atoms with Crippen molar-refractivity contribution in [2.75, 3.05) is 5.32 Å². The summed E-state index contributed by atoms with van der Waals surface area (Å²) in [5.74, 6) is -0.511. The summed E-state index contributed by atoms with van der Waals surface area (Å²) in [6.07, 6.45) is 2.06. The first-order chi connectivity index (χ1) is 10.5. The van der Waals surface area contributed by atoms with Gasteiger partial charge >= 0.3 is 0 Å². The topological polar surface area (TPSA) is 51.1 Å². The number of nitrogens with one attached hydrogen (secondary N) is 1. The highest BCUT2D eigenvalue weighted by molar-refractivity contribution is 9.10. The molecule has 2 heterocycles. The normalized spacial score (nSPS) is 13.0. The highest BCUT2D eigenvalue weighted by Gasteiger charge is 2.24. The fourth-order valence-electron chi connectivity index (χ4n) is 2.64. The van der Waals surface area contributed by atoms with Crippen LogP contribution < -0.4 is 10.9 Å². The van der Waals surface area contributed by atoms with Crippen molar-refractivity contribution < 1.29 is 9.18 Å². The van der Waals surface area contributed by atoms with E-state index in [4.69, 9.17) is 11.6 Å². The molecule has 0 atom stereocenters. The maximum Gasteiger partial charge on any atom is 0.271 e. The number of pyridine rings is 1. The number of fused-ring (bicyclic) bond motifs is 1. The summed E-state index contributed by atoms with van der Waals surface area (Å²) < 4.78 is 16.1. The standard InChI is InChI=1S/C15H11BrClFN2O2/c16-8-3-4-11(10(18)6-8)19-14-9(7-21)12-2-1-5-20(12)15(22)13(14)17/h3-4,6-7,19H,1-2,5H2. The molecule has 1 aliphatic heterocycles. The van der Waals surface area contributed by atoms with Gasteiger partial charge in [0.1, 0.15) is 10.8 Å². The van der Waals surface area contributed by atoms with Gasteiger partial charge in [-0.05, 0) is 31.0 Å². The Labute approximate surface area is 139 Å². The van der Waals surface area contributed by atoms with E-state index >= 15 is 0 Å². The van der Waals surface area contributed by atoms with Gasteiger partial charge in [0.15, 0.2) is 6.29 Å². The molecule has 0 saturated heterocycles. The molecule has 1 aromatic carbocycles. The van der Waals surface area contributed by atoms with Gasteiger partial charge in [-0.25, -0.2) is 4.39 Å². The zero-order valence-electron chi connectivity index (χ0n) is 11.3. The van der Waals surface area contributed by atoms with Crippen LogP contribution in [0.25, 0.3) is 0 Å². The maximum absolute atomic E-state index is 14.0. The monoisotopic (exact) mass is 384 g/mol. The van der Waals surface area contributed by atoms with Gasteiger partial charge in [0.2, 0.25) is 0 Å². The average Bonchev–Trinajstić information content (AvgIpc) is 2.96. The third-order valence-corrected chi connectivity index (χ3v) is 4.51. The summed E-state index contributed by atoms with van der Waals surface area (Å²) >= 11 is 9.28. The van der Waals surface area contributed by atoms with Gasteiger partial charge in [0.25, 0.3) is 5.56 Å². The minimum Gasteiger partial charge on any atom is -0.351 e. The van der Waals surface area contributed by atoms with E-state index in [0.717, 1.165) is 6.42 Å². The molecular formula is C15H11BrClFN2O2. The van der Waals surface area contributed by atoms with Gasteiger partial charge in [-0.3, -0.25) is 9.59 Å². The predicted molar refractivity (Wildman–Crippen MR) is 86.8 cm³/mol. The van der Waals surface area contributed by atoms with Crippen LogP contribution in [0.15, 0.2) is 27.5 Å². The smallest absolute Gasteiger partial charge is 0.271 e. The number of halogens is 3. The van der Waals surface area contributed by atoms with Gasteiger partial charge in [-0.2, -0.15) is 0 Å². The third-order valence-electron chi connectivity index (χ3n) is 3.66. The van der Waals surface area contributed by atoms with Crippen LogP contribution in [0.5, 0.6) is 0 Å². The number of hydrogen-bond donors (Lipinski definition) is 1. The molecule has 114 valence electrons. The van der Waals surface area contributed by atoms with Crippen molar-refractivity contribution in [3.63, 3.8) is 0 Å². The first-order valence-corrected chi connectivity index (χ1v) is 7.82. The number of anilines is 2. The van der Waals surface area contributed by atoms with Crippen LogP contribution in [-0.4, -0.2) is 10.9 Å². The van der Waals surface area contributed by atoms with Crippen LogP contribution in [0.2, 0.25) is 5.02 Å².